The van der Waals surface area contributed by atoms with Gasteiger partial charge in [0.25, 0.3) is 0 Å². The lowest BCUT2D eigenvalue weighted by atomic mass is 9.70. The van der Waals surface area contributed by atoms with E-state index in [4.69, 9.17) is 14.2 Å². The zero-order valence-electron chi connectivity index (χ0n) is 17.7. The summed E-state index contributed by atoms with van der Waals surface area (Å²) in [5, 5.41) is 9.37. The van der Waals surface area contributed by atoms with E-state index in [0.29, 0.717) is 11.7 Å². The first-order valence-electron chi connectivity index (χ1n) is 10.8. The fourth-order valence-electron chi connectivity index (χ4n) is 5.59. The highest BCUT2D eigenvalue weighted by atomic mass is 16.5. The first kappa shape index (κ1) is 19.4. The Morgan fingerprint density at radius 2 is 1.97 bits per heavy atom. The van der Waals surface area contributed by atoms with E-state index in [9.17, 15) is 9.90 Å². The summed E-state index contributed by atoms with van der Waals surface area (Å²) in [6, 6.07) is 11.6. The molecule has 0 amide bonds. The first-order chi connectivity index (χ1) is 14.4. The number of methoxy groups -OCH3 is 1. The summed E-state index contributed by atoms with van der Waals surface area (Å²) in [5.41, 5.74) is 3.51. The maximum Gasteiger partial charge on any atom is 0.335 e. The van der Waals surface area contributed by atoms with Crippen LogP contribution in [-0.4, -0.2) is 29.9 Å². The van der Waals surface area contributed by atoms with E-state index >= 15 is 0 Å². The summed E-state index contributed by atoms with van der Waals surface area (Å²) in [5.74, 6) is 1.12. The van der Waals surface area contributed by atoms with Gasteiger partial charge in [0.15, 0.2) is 0 Å². The maximum absolute atomic E-state index is 11.4. The van der Waals surface area contributed by atoms with Gasteiger partial charge in [-0.3, -0.25) is 0 Å². The Balaban J connectivity index is 1.54. The SMILES string of the molecule is COc1ccc2c(c1)CCC[C@@H]1O[C@@H]3c4ccc(C(=O)O)cc4OC(C)(C)[C@H]3C[C@H]21. The number of aryl methyl sites for hydroxylation is 1. The van der Waals surface area contributed by atoms with Crippen LogP contribution >= 0.6 is 0 Å². The molecule has 158 valence electrons. The number of aromatic carboxylic acids is 1. The van der Waals surface area contributed by atoms with Crippen LogP contribution < -0.4 is 9.47 Å². The predicted molar refractivity (Wildman–Crippen MR) is 113 cm³/mol. The summed E-state index contributed by atoms with van der Waals surface area (Å²) in [6.07, 6.45) is 4.21. The lowest BCUT2D eigenvalue weighted by Crippen LogP contribution is -2.50. The van der Waals surface area contributed by atoms with Crippen molar-refractivity contribution in [1.29, 1.82) is 0 Å². The molecule has 0 aromatic heterocycles. The number of carboxylic acids is 1. The number of benzene rings is 2. The predicted octanol–water partition coefficient (Wildman–Crippen LogP) is 5.13. The van der Waals surface area contributed by atoms with Gasteiger partial charge in [-0.2, -0.15) is 0 Å². The Labute approximate surface area is 177 Å². The van der Waals surface area contributed by atoms with Gasteiger partial charge >= 0.3 is 5.97 Å². The van der Waals surface area contributed by atoms with Crippen molar-refractivity contribution in [3.63, 3.8) is 0 Å². The minimum Gasteiger partial charge on any atom is -0.497 e. The molecule has 1 aliphatic carbocycles. The summed E-state index contributed by atoms with van der Waals surface area (Å²) < 4.78 is 18.6. The Hall–Kier alpha value is -2.53. The molecule has 3 aliphatic rings. The van der Waals surface area contributed by atoms with Gasteiger partial charge in [0.2, 0.25) is 0 Å². The Morgan fingerprint density at radius 1 is 1.17 bits per heavy atom. The second-order valence-corrected chi connectivity index (χ2v) is 9.26. The van der Waals surface area contributed by atoms with Crippen molar-refractivity contribution in [3.8, 4) is 11.5 Å². The molecule has 5 heteroatoms. The molecule has 0 bridgehead atoms. The van der Waals surface area contributed by atoms with Gasteiger partial charge in [0.1, 0.15) is 17.1 Å². The van der Waals surface area contributed by atoms with E-state index in [2.05, 4.69) is 32.0 Å². The highest BCUT2D eigenvalue weighted by Gasteiger charge is 2.51. The van der Waals surface area contributed by atoms with Gasteiger partial charge in [-0.05, 0) is 74.9 Å². The van der Waals surface area contributed by atoms with Crippen LogP contribution in [0.5, 0.6) is 11.5 Å². The molecule has 0 saturated carbocycles. The lowest BCUT2D eigenvalue weighted by Gasteiger charge is -2.51. The van der Waals surface area contributed by atoms with Crippen LogP contribution in [-0.2, 0) is 11.2 Å². The van der Waals surface area contributed by atoms with E-state index in [1.807, 2.05) is 6.07 Å². The summed E-state index contributed by atoms with van der Waals surface area (Å²) in [6.45, 7) is 4.19. The van der Waals surface area contributed by atoms with Gasteiger partial charge in [0, 0.05) is 17.4 Å². The van der Waals surface area contributed by atoms with Gasteiger partial charge in [0.05, 0.1) is 24.9 Å². The zero-order valence-corrected chi connectivity index (χ0v) is 17.7. The Kier molecular flexibility index (Phi) is 4.55. The highest BCUT2D eigenvalue weighted by Crippen LogP contribution is 2.55. The van der Waals surface area contributed by atoms with Crippen molar-refractivity contribution in [2.75, 3.05) is 7.11 Å². The molecule has 2 aromatic rings. The molecule has 0 spiro atoms. The van der Waals surface area contributed by atoms with Gasteiger partial charge in [-0.25, -0.2) is 4.79 Å². The average Bonchev–Trinajstić information content (AvgIpc) is 2.90. The third-order valence-electron chi connectivity index (χ3n) is 7.16. The molecule has 2 aromatic carbocycles. The van der Waals surface area contributed by atoms with Crippen LogP contribution in [0, 0.1) is 5.92 Å². The van der Waals surface area contributed by atoms with Crippen molar-refractivity contribution in [2.24, 2.45) is 5.92 Å². The van der Waals surface area contributed by atoms with Crippen molar-refractivity contribution in [3.05, 3.63) is 58.7 Å². The molecule has 30 heavy (non-hydrogen) atoms. The van der Waals surface area contributed by atoms with Gasteiger partial charge in [-0.1, -0.05) is 12.1 Å². The van der Waals surface area contributed by atoms with E-state index in [0.717, 1.165) is 37.0 Å². The number of ether oxygens (including phenoxy) is 3. The summed E-state index contributed by atoms with van der Waals surface area (Å²) in [7, 11) is 1.71. The molecule has 0 unspecified atom stereocenters. The highest BCUT2D eigenvalue weighted by molar-refractivity contribution is 5.88. The largest absolute Gasteiger partial charge is 0.497 e. The summed E-state index contributed by atoms with van der Waals surface area (Å²) >= 11 is 0. The molecule has 1 saturated heterocycles. The summed E-state index contributed by atoms with van der Waals surface area (Å²) in [4.78, 5) is 11.4. The normalized spacial score (nSPS) is 28.6. The van der Waals surface area contributed by atoms with Crippen LogP contribution in [0.2, 0.25) is 0 Å². The molecule has 5 nitrogen and oxygen atoms in total. The minimum atomic E-state index is -0.943. The molecular weight excluding hydrogens is 380 g/mol. The van der Waals surface area contributed by atoms with Crippen LogP contribution in [0.4, 0.5) is 0 Å². The maximum atomic E-state index is 11.4. The molecule has 2 heterocycles. The number of carboxylic acid groups (broad SMARTS) is 1. The molecule has 1 N–H and O–H groups in total. The number of hydrogen-bond acceptors (Lipinski definition) is 4. The number of carbonyl (C=O) groups is 1. The van der Waals surface area contributed by atoms with Crippen LogP contribution in [0.25, 0.3) is 0 Å². The van der Waals surface area contributed by atoms with E-state index in [1.165, 1.54) is 11.1 Å². The number of hydrogen-bond donors (Lipinski definition) is 1. The second-order valence-electron chi connectivity index (χ2n) is 9.26. The average molecular weight is 408 g/mol. The first-order valence-corrected chi connectivity index (χ1v) is 10.8. The fraction of sp³-hybridized carbons (Fsp3) is 0.480. The second kappa shape index (κ2) is 7.02. The molecule has 1 fully saturated rings. The van der Waals surface area contributed by atoms with Crippen LogP contribution in [0.15, 0.2) is 36.4 Å². The quantitative estimate of drug-likeness (QED) is 0.746. The Morgan fingerprint density at radius 3 is 2.73 bits per heavy atom. The van der Waals surface area contributed by atoms with Gasteiger partial charge in [-0.15, -0.1) is 0 Å². The monoisotopic (exact) mass is 408 g/mol. The van der Waals surface area contributed by atoms with Crippen molar-refractivity contribution in [2.45, 2.75) is 63.3 Å². The molecule has 5 rings (SSSR count). The minimum absolute atomic E-state index is 0.0763. The molecule has 2 aliphatic heterocycles. The van der Waals surface area contributed by atoms with Crippen LogP contribution in [0.1, 0.15) is 72.2 Å². The standard InChI is InChI=1S/C25H28O5/c1-25(2)20-13-19-17-10-8-16(28-3)11-14(17)5-4-6-21(19)29-23(20)18-9-7-15(24(26)27)12-22(18)30-25/h7-12,19-21,23H,4-6,13H2,1-3H3,(H,26,27)/t19-,20+,21+,23-/m1/s1. The molecule has 4 atom stereocenters. The zero-order chi connectivity index (χ0) is 21.0. The van der Waals surface area contributed by atoms with E-state index in [1.54, 1.807) is 19.2 Å². The van der Waals surface area contributed by atoms with Crippen LogP contribution in [0.3, 0.4) is 0 Å². The lowest BCUT2D eigenvalue weighted by molar-refractivity contribution is -0.159. The van der Waals surface area contributed by atoms with Crippen molar-refractivity contribution < 1.29 is 24.1 Å². The third kappa shape index (κ3) is 3.07. The topological polar surface area (TPSA) is 65.0 Å². The van der Waals surface area contributed by atoms with E-state index in [-0.39, 0.29) is 23.7 Å². The molecule has 0 radical (unpaired) electrons. The number of rotatable bonds is 2. The number of fused-ring (bicyclic) bond motifs is 6. The van der Waals surface area contributed by atoms with Crippen molar-refractivity contribution >= 4 is 5.97 Å². The Bertz CT molecular complexity index is 995. The third-order valence-corrected chi connectivity index (χ3v) is 7.16. The van der Waals surface area contributed by atoms with Gasteiger partial charge < -0.3 is 19.3 Å². The smallest absolute Gasteiger partial charge is 0.335 e. The van der Waals surface area contributed by atoms with E-state index < -0.39 is 11.6 Å². The fourth-order valence-corrected chi connectivity index (χ4v) is 5.59. The molecular formula is C25H28O5. The van der Waals surface area contributed by atoms with Crippen molar-refractivity contribution in [1.82, 2.24) is 0 Å².